The average Bonchev–Trinajstić information content (AvgIpc) is 2.97. The molecule has 0 spiro atoms. The van der Waals surface area contributed by atoms with Crippen molar-refractivity contribution in [3.05, 3.63) is 17.8 Å². The van der Waals surface area contributed by atoms with Gasteiger partial charge in [-0.15, -0.1) is 11.8 Å². The summed E-state index contributed by atoms with van der Waals surface area (Å²) in [4.78, 5) is 29.2. The molecule has 1 aliphatic carbocycles. The van der Waals surface area contributed by atoms with Crippen LogP contribution in [0.1, 0.15) is 29.1 Å². The number of carbonyl (C=O) groups is 2. The van der Waals surface area contributed by atoms with Crippen molar-refractivity contribution in [2.24, 2.45) is 5.92 Å². The van der Waals surface area contributed by atoms with Crippen molar-refractivity contribution in [2.75, 3.05) is 5.75 Å². The number of amides is 1. The van der Waals surface area contributed by atoms with Crippen LogP contribution in [0.15, 0.2) is 10.8 Å². The Hall–Kier alpha value is -1.50. The van der Waals surface area contributed by atoms with Crippen LogP contribution in [0.4, 0.5) is 0 Å². The third-order valence-corrected chi connectivity index (χ3v) is 4.98. The molecular weight excluding hydrogens is 268 g/mol. The molecule has 19 heavy (non-hydrogen) atoms. The molecule has 1 aromatic rings. The number of nitrogens with zero attached hydrogens (tertiary/aromatic N) is 2. The molecule has 2 aliphatic rings. The van der Waals surface area contributed by atoms with Gasteiger partial charge in [-0.25, -0.2) is 9.78 Å². The first-order valence-electron chi connectivity index (χ1n) is 6.16. The summed E-state index contributed by atoms with van der Waals surface area (Å²) in [6.45, 7) is 1.68. The molecule has 1 aliphatic heterocycles. The predicted molar refractivity (Wildman–Crippen MR) is 67.8 cm³/mol. The van der Waals surface area contributed by atoms with Gasteiger partial charge in [0.15, 0.2) is 6.39 Å². The Morgan fingerprint density at radius 3 is 2.79 bits per heavy atom. The van der Waals surface area contributed by atoms with Gasteiger partial charge in [0.1, 0.15) is 6.04 Å². The summed E-state index contributed by atoms with van der Waals surface area (Å²) < 4.78 is 5.11. The fourth-order valence-electron chi connectivity index (χ4n) is 2.34. The standard InChI is InChI=1S/C12H14N2O4S/c1-6-9(18-5-13-6)10(15)14-8(12(16)17)4-19-11(14)7-2-3-7/h5,7-8,11H,2-4H2,1H3,(H,16,17). The lowest BCUT2D eigenvalue weighted by atomic mass is 10.2. The molecule has 1 aromatic heterocycles. The van der Waals surface area contributed by atoms with Gasteiger partial charge in [0.25, 0.3) is 5.91 Å². The van der Waals surface area contributed by atoms with Gasteiger partial charge in [0.2, 0.25) is 5.76 Å². The van der Waals surface area contributed by atoms with E-state index in [1.54, 1.807) is 18.7 Å². The van der Waals surface area contributed by atoms with Gasteiger partial charge < -0.3 is 14.4 Å². The van der Waals surface area contributed by atoms with Crippen LogP contribution in [-0.2, 0) is 4.79 Å². The maximum Gasteiger partial charge on any atom is 0.327 e. The molecule has 2 unspecified atom stereocenters. The Labute approximate surface area is 114 Å². The molecule has 0 radical (unpaired) electrons. The molecule has 102 valence electrons. The molecule has 1 amide bonds. The van der Waals surface area contributed by atoms with Gasteiger partial charge in [-0.1, -0.05) is 0 Å². The van der Waals surface area contributed by atoms with Gasteiger partial charge in [-0.05, 0) is 25.7 Å². The Morgan fingerprint density at radius 1 is 1.53 bits per heavy atom. The average molecular weight is 282 g/mol. The summed E-state index contributed by atoms with van der Waals surface area (Å²) >= 11 is 1.55. The first-order valence-corrected chi connectivity index (χ1v) is 7.21. The summed E-state index contributed by atoms with van der Waals surface area (Å²) in [5.41, 5.74) is 0.501. The van der Waals surface area contributed by atoms with E-state index in [1.165, 1.54) is 11.3 Å². The first kappa shape index (κ1) is 12.5. The number of hydrogen-bond donors (Lipinski definition) is 1. The lowest BCUT2D eigenvalue weighted by Gasteiger charge is -2.26. The van der Waals surface area contributed by atoms with Crippen LogP contribution >= 0.6 is 11.8 Å². The van der Waals surface area contributed by atoms with E-state index in [2.05, 4.69) is 4.98 Å². The lowest BCUT2D eigenvalue weighted by Crippen LogP contribution is -2.46. The molecular formula is C12H14N2O4S. The van der Waals surface area contributed by atoms with Crippen LogP contribution in [0.2, 0.25) is 0 Å². The topological polar surface area (TPSA) is 83.6 Å². The monoisotopic (exact) mass is 282 g/mol. The number of rotatable bonds is 3. The van der Waals surface area contributed by atoms with E-state index in [4.69, 9.17) is 4.42 Å². The van der Waals surface area contributed by atoms with E-state index in [9.17, 15) is 14.7 Å². The lowest BCUT2D eigenvalue weighted by molar-refractivity contribution is -0.141. The van der Waals surface area contributed by atoms with E-state index in [0.29, 0.717) is 17.4 Å². The van der Waals surface area contributed by atoms with Gasteiger partial charge in [0, 0.05) is 5.75 Å². The maximum absolute atomic E-state index is 12.5. The summed E-state index contributed by atoms with van der Waals surface area (Å²) in [5, 5.41) is 9.22. The third-order valence-electron chi connectivity index (χ3n) is 3.52. The highest BCUT2D eigenvalue weighted by molar-refractivity contribution is 8.00. The summed E-state index contributed by atoms with van der Waals surface area (Å²) in [6, 6.07) is -0.771. The minimum Gasteiger partial charge on any atom is -0.480 e. The summed E-state index contributed by atoms with van der Waals surface area (Å²) in [7, 11) is 0. The molecule has 1 saturated heterocycles. The second-order valence-corrected chi connectivity index (χ2v) is 6.04. The maximum atomic E-state index is 12.5. The zero-order valence-electron chi connectivity index (χ0n) is 10.4. The molecule has 2 atom stereocenters. The van der Waals surface area contributed by atoms with Gasteiger partial charge in [-0.2, -0.15) is 0 Å². The highest BCUT2D eigenvalue weighted by atomic mass is 32.2. The third kappa shape index (κ3) is 2.11. The Balaban J connectivity index is 1.91. The number of aliphatic carboxylic acids is 1. The van der Waals surface area contributed by atoms with Crippen molar-refractivity contribution >= 4 is 23.6 Å². The smallest absolute Gasteiger partial charge is 0.327 e. The molecule has 1 saturated carbocycles. The number of oxazole rings is 1. The molecule has 7 heteroatoms. The number of hydrogen-bond acceptors (Lipinski definition) is 5. The zero-order valence-corrected chi connectivity index (χ0v) is 11.2. The van der Waals surface area contributed by atoms with Crippen molar-refractivity contribution in [3.63, 3.8) is 0 Å². The molecule has 0 bridgehead atoms. The summed E-state index contributed by atoms with van der Waals surface area (Å²) in [6.07, 6.45) is 3.33. The second-order valence-electron chi connectivity index (χ2n) is 4.89. The van der Waals surface area contributed by atoms with Crippen molar-refractivity contribution in [3.8, 4) is 0 Å². The Bertz CT molecular complexity index is 526. The van der Waals surface area contributed by atoms with E-state index in [-0.39, 0.29) is 17.0 Å². The van der Waals surface area contributed by atoms with Crippen LogP contribution in [0.3, 0.4) is 0 Å². The zero-order chi connectivity index (χ0) is 13.6. The molecule has 1 N–H and O–H groups in total. The minimum atomic E-state index is -0.957. The molecule has 3 rings (SSSR count). The fraction of sp³-hybridized carbons (Fsp3) is 0.583. The molecule has 0 aromatic carbocycles. The van der Waals surface area contributed by atoms with E-state index < -0.39 is 12.0 Å². The SMILES string of the molecule is Cc1ncoc1C(=O)N1C(C(=O)O)CSC1C1CC1. The molecule has 2 fully saturated rings. The van der Waals surface area contributed by atoms with Crippen LogP contribution in [0.5, 0.6) is 0 Å². The largest absolute Gasteiger partial charge is 0.480 e. The van der Waals surface area contributed by atoms with Crippen LogP contribution in [-0.4, -0.2) is 44.0 Å². The first-order chi connectivity index (χ1) is 9.09. The van der Waals surface area contributed by atoms with Crippen molar-refractivity contribution < 1.29 is 19.1 Å². The number of carboxylic acids is 1. The number of aryl methyl sites for hydroxylation is 1. The highest BCUT2D eigenvalue weighted by Crippen LogP contribution is 2.46. The van der Waals surface area contributed by atoms with Gasteiger partial charge in [0.05, 0.1) is 11.1 Å². The van der Waals surface area contributed by atoms with E-state index in [0.717, 1.165) is 12.8 Å². The Morgan fingerprint density at radius 2 is 2.26 bits per heavy atom. The predicted octanol–water partition coefficient (Wildman–Crippen LogP) is 1.36. The number of carbonyl (C=O) groups excluding carboxylic acids is 1. The molecule has 2 heterocycles. The van der Waals surface area contributed by atoms with Gasteiger partial charge in [-0.3, -0.25) is 4.79 Å². The number of thioether (sulfide) groups is 1. The minimum absolute atomic E-state index is 0.0434. The number of carboxylic acid groups (broad SMARTS) is 1. The van der Waals surface area contributed by atoms with E-state index in [1.807, 2.05) is 0 Å². The summed E-state index contributed by atoms with van der Waals surface area (Å²) in [5.74, 6) is -0.304. The molecule has 6 nitrogen and oxygen atoms in total. The van der Waals surface area contributed by atoms with Crippen LogP contribution in [0, 0.1) is 12.8 Å². The quantitative estimate of drug-likeness (QED) is 0.901. The fourth-order valence-corrected chi connectivity index (χ4v) is 3.97. The van der Waals surface area contributed by atoms with Gasteiger partial charge >= 0.3 is 5.97 Å². The second kappa shape index (κ2) is 4.56. The van der Waals surface area contributed by atoms with Crippen LogP contribution in [0.25, 0.3) is 0 Å². The van der Waals surface area contributed by atoms with Crippen molar-refractivity contribution in [1.29, 1.82) is 0 Å². The van der Waals surface area contributed by atoms with Crippen LogP contribution < -0.4 is 0 Å². The highest BCUT2D eigenvalue weighted by Gasteiger charge is 2.49. The van der Waals surface area contributed by atoms with E-state index >= 15 is 0 Å². The Kier molecular flexibility index (Phi) is 3.00. The normalized spacial score (nSPS) is 26.7. The number of aromatic nitrogens is 1. The van der Waals surface area contributed by atoms with Crippen molar-refractivity contribution in [1.82, 2.24) is 9.88 Å². The van der Waals surface area contributed by atoms with Crippen molar-refractivity contribution in [2.45, 2.75) is 31.2 Å².